The molecular formula is C20H36N2O2. The van der Waals surface area contributed by atoms with Crippen molar-refractivity contribution >= 4 is 11.8 Å². The van der Waals surface area contributed by atoms with Crippen molar-refractivity contribution in [1.29, 1.82) is 0 Å². The maximum Gasteiger partial charge on any atom is 0.245 e. The predicted molar refractivity (Wildman–Crippen MR) is 97.8 cm³/mol. The van der Waals surface area contributed by atoms with Crippen molar-refractivity contribution in [2.24, 2.45) is 0 Å². The summed E-state index contributed by atoms with van der Waals surface area (Å²) in [4.78, 5) is 28.7. The number of carbonyl (C=O) groups excluding carboxylic acids is 2. The molecule has 2 heterocycles. The minimum Gasteiger partial charge on any atom is -0.341 e. The summed E-state index contributed by atoms with van der Waals surface area (Å²) >= 11 is 0. The van der Waals surface area contributed by atoms with Crippen LogP contribution in [0.1, 0.15) is 90.4 Å². The SMILES string of the molecule is CCCCCCCCCCN1CCCCC(N2CCCC2=O)C1=O. The third kappa shape index (κ3) is 5.78. The van der Waals surface area contributed by atoms with Gasteiger partial charge >= 0.3 is 0 Å². The van der Waals surface area contributed by atoms with Gasteiger partial charge in [-0.3, -0.25) is 9.59 Å². The first-order chi connectivity index (χ1) is 11.7. The minimum absolute atomic E-state index is 0.170. The highest BCUT2D eigenvalue weighted by molar-refractivity contribution is 5.88. The van der Waals surface area contributed by atoms with Crippen molar-refractivity contribution in [3.63, 3.8) is 0 Å². The number of carbonyl (C=O) groups is 2. The van der Waals surface area contributed by atoms with E-state index in [1.165, 1.54) is 44.9 Å². The summed E-state index contributed by atoms with van der Waals surface area (Å²) in [5, 5.41) is 0. The van der Waals surface area contributed by atoms with Crippen LogP contribution in [0.5, 0.6) is 0 Å². The van der Waals surface area contributed by atoms with Gasteiger partial charge in [-0.25, -0.2) is 0 Å². The van der Waals surface area contributed by atoms with Crippen LogP contribution in [0.2, 0.25) is 0 Å². The van der Waals surface area contributed by atoms with Crippen LogP contribution < -0.4 is 0 Å². The summed E-state index contributed by atoms with van der Waals surface area (Å²) in [5.74, 6) is 0.396. The number of hydrogen-bond donors (Lipinski definition) is 0. The molecular weight excluding hydrogens is 300 g/mol. The van der Waals surface area contributed by atoms with Crippen LogP contribution in [0, 0.1) is 0 Å². The first-order valence-electron chi connectivity index (χ1n) is 10.3. The molecule has 0 bridgehead atoms. The zero-order valence-corrected chi connectivity index (χ0v) is 15.6. The first kappa shape index (κ1) is 19.3. The molecule has 4 heteroatoms. The van der Waals surface area contributed by atoms with Gasteiger partial charge in [0.1, 0.15) is 6.04 Å². The second-order valence-corrected chi connectivity index (χ2v) is 7.50. The fraction of sp³-hybridized carbons (Fsp3) is 0.900. The molecule has 2 aliphatic heterocycles. The molecule has 0 aromatic rings. The van der Waals surface area contributed by atoms with Crippen LogP contribution in [0.25, 0.3) is 0 Å². The largest absolute Gasteiger partial charge is 0.341 e. The normalized spacial score (nSPS) is 22.3. The molecule has 24 heavy (non-hydrogen) atoms. The standard InChI is InChI=1S/C20H36N2O2/c1-2-3-4-5-6-7-8-10-15-21-16-11-9-13-18(20(21)24)22-17-12-14-19(22)23/h18H,2-17H2,1H3. The Hall–Kier alpha value is -1.06. The Morgan fingerprint density at radius 3 is 2.25 bits per heavy atom. The first-order valence-corrected chi connectivity index (χ1v) is 10.3. The van der Waals surface area contributed by atoms with Gasteiger partial charge in [-0.2, -0.15) is 0 Å². The van der Waals surface area contributed by atoms with Crippen molar-refractivity contribution in [2.75, 3.05) is 19.6 Å². The highest BCUT2D eigenvalue weighted by Gasteiger charge is 2.35. The van der Waals surface area contributed by atoms with E-state index in [0.717, 1.165) is 51.7 Å². The van der Waals surface area contributed by atoms with E-state index in [0.29, 0.717) is 6.42 Å². The highest BCUT2D eigenvalue weighted by atomic mass is 16.2. The van der Waals surface area contributed by atoms with E-state index in [2.05, 4.69) is 6.92 Å². The molecule has 4 nitrogen and oxygen atoms in total. The Balaban J connectivity index is 1.69. The van der Waals surface area contributed by atoms with Crippen molar-refractivity contribution in [2.45, 2.75) is 96.4 Å². The lowest BCUT2D eigenvalue weighted by molar-refractivity contribution is -0.143. The summed E-state index contributed by atoms with van der Waals surface area (Å²) in [5.41, 5.74) is 0. The summed E-state index contributed by atoms with van der Waals surface area (Å²) in [6, 6.07) is -0.170. The van der Waals surface area contributed by atoms with Gasteiger partial charge in [0.15, 0.2) is 0 Å². The zero-order chi connectivity index (χ0) is 17.2. The van der Waals surface area contributed by atoms with Crippen LogP contribution in [0.3, 0.4) is 0 Å². The molecule has 0 saturated carbocycles. The van der Waals surface area contributed by atoms with Crippen LogP contribution in [-0.4, -0.2) is 47.3 Å². The molecule has 0 N–H and O–H groups in total. The molecule has 2 saturated heterocycles. The summed E-state index contributed by atoms with van der Waals surface area (Å²) in [6.45, 7) is 4.79. The van der Waals surface area contributed by atoms with E-state index < -0.39 is 0 Å². The number of hydrogen-bond acceptors (Lipinski definition) is 2. The maximum absolute atomic E-state index is 12.8. The van der Waals surface area contributed by atoms with E-state index in [-0.39, 0.29) is 17.9 Å². The van der Waals surface area contributed by atoms with E-state index >= 15 is 0 Å². The molecule has 2 fully saturated rings. The third-order valence-electron chi connectivity index (χ3n) is 5.52. The topological polar surface area (TPSA) is 40.6 Å². The third-order valence-corrected chi connectivity index (χ3v) is 5.52. The molecule has 0 aromatic heterocycles. The number of unbranched alkanes of at least 4 members (excludes halogenated alkanes) is 7. The number of rotatable bonds is 10. The average Bonchev–Trinajstić information content (AvgIpc) is 2.92. The molecule has 1 atom stereocenters. The minimum atomic E-state index is -0.170. The van der Waals surface area contributed by atoms with Crippen molar-refractivity contribution < 1.29 is 9.59 Å². The van der Waals surface area contributed by atoms with Gasteiger partial charge in [0, 0.05) is 26.1 Å². The molecule has 2 amide bonds. The lowest BCUT2D eigenvalue weighted by Crippen LogP contribution is -2.48. The average molecular weight is 337 g/mol. The molecule has 138 valence electrons. The Labute approximate surface area is 148 Å². The fourth-order valence-corrected chi connectivity index (χ4v) is 4.03. The lowest BCUT2D eigenvalue weighted by Gasteiger charge is -2.30. The van der Waals surface area contributed by atoms with Gasteiger partial charge in [-0.1, -0.05) is 51.9 Å². The lowest BCUT2D eigenvalue weighted by atomic mass is 10.1. The smallest absolute Gasteiger partial charge is 0.245 e. The van der Waals surface area contributed by atoms with Crippen LogP contribution in [0.15, 0.2) is 0 Å². The van der Waals surface area contributed by atoms with Crippen LogP contribution in [-0.2, 0) is 9.59 Å². The molecule has 0 spiro atoms. The summed E-state index contributed by atoms with van der Waals surface area (Å²) < 4.78 is 0. The Bertz CT molecular complexity index is 397. The van der Waals surface area contributed by atoms with E-state index in [1.807, 2.05) is 9.80 Å². The molecule has 0 aromatic carbocycles. The van der Waals surface area contributed by atoms with Crippen LogP contribution >= 0.6 is 0 Å². The van der Waals surface area contributed by atoms with Gasteiger partial charge in [-0.05, 0) is 32.1 Å². The second-order valence-electron chi connectivity index (χ2n) is 7.50. The van der Waals surface area contributed by atoms with Gasteiger partial charge in [-0.15, -0.1) is 0 Å². The number of nitrogens with zero attached hydrogens (tertiary/aromatic N) is 2. The molecule has 0 radical (unpaired) electrons. The van der Waals surface area contributed by atoms with E-state index in [1.54, 1.807) is 0 Å². The number of amides is 2. The summed E-state index contributed by atoms with van der Waals surface area (Å²) in [6.07, 6.45) is 14.9. The Morgan fingerprint density at radius 1 is 0.875 bits per heavy atom. The van der Waals surface area contributed by atoms with Gasteiger partial charge < -0.3 is 9.80 Å². The van der Waals surface area contributed by atoms with E-state index in [9.17, 15) is 9.59 Å². The monoisotopic (exact) mass is 336 g/mol. The second kappa shape index (κ2) is 10.7. The molecule has 1 unspecified atom stereocenters. The fourth-order valence-electron chi connectivity index (χ4n) is 4.03. The van der Waals surface area contributed by atoms with Gasteiger partial charge in [0.25, 0.3) is 0 Å². The summed E-state index contributed by atoms with van der Waals surface area (Å²) in [7, 11) is 0. The van der Waals surface area contributed by atoms with E-state index in [4.69, 9.17) is 0 Å². The molecule has 2 rings (SSSR count). The Morgan fingerprint density at radius 2 is 1.58 bits per heavy atom. The zero-order valence-electron chi connectivity index (χ0n) is 15.6. The number of likely N-dealkylation sites (tertiary alicyclic amines) is 2. The molecule has 0 aliphatic carbocycles. The predicted octanol–water partition coefficient (Wildman–Crippen LogP) is 4.13. The van der Waals surface area contributed by atoms with Crippen molar-refractivity contribution in [3.8, 4) is 0 Å². The quantitative estimate of drug-likeness (QED) is 0.563. The van der Waals surface area contributed by atoms with Gasteiger partial charge in [0.05, 0.1) is 0 Å². The molecule has 2 aliphatic rings. The maximum atomic E-state index is 12.8. The highest BCUT2D eigenvalue weighted by Crippen LogP contribution is 2.22. The van der Waals surface area contributed by atoms with Crippen molar-refractivity contribution in [1.82, 2.24) is 9.80 Å². The Kier molecular flexibility index (Phi) is 8.62. The van der Waals surface area contributed by atoms with Gasteiger partial charge in [0.2, 0.25) is 11.8 Å². The van der Waals surface area contributed by atoms with Crippen molar-refractivity contribution in [3.05, 3.63) is 0 Å². The van der Waals surface area contributed by atoms with Crippen LogP contribution in [0.4, 0.5) is 0 Å².